The van der Waals surface area contributed by atoms with Gasteiger partial charge in [0.05, 0.1) is 5.25 Å². The van der Waals surface area contributed by atoms with Crippen LogP contribution in [0.4, 0.5) is 8.78 Å². The van der Waals surface area contributed by atoms with E-state index in [1.165, 1.54) is 18.4 Å². The molecule has 130 valence electrons. The second-order valence-electron chi connectivity index (χ2n) is 6.16. The minimum atomic E-state index is -3.08. The van der Waals surface area contributed by atoms with Crippen LogP contribution in [0.5, 0.6) is 5.75 Å². The monoisotopic (exact) mass is 347 g/mol. The van der Waals surface area contributed by atoms with Gasteiger partial charge >= 0.3 is 6.61 Å². The van der Waals surface area contributed by atoms with Gasteiger partial charge < -0.3 is 4.74 Å². The third kappa shape index (κ3) is 5.14. The summed E-state index contributed by atoms with van der Waals surface area (Å²) in [5.74, 6) is 0.123. The van der Waals surface area contributed by atoms with Gasteiger partial charge in [-0.1, -0.05) is 25.0 Å². The predicted octanol–water partition coefficient (Wildman–Crippen LogP) is 3.08. The van der Waals surface area contributed by atoms with Crippen LogP contribution in [0.2, 0.25) is 0 Å². The fourth-order valence-electron chi connectivity index (χ4n) is 3.26. The maximum Gasteiger partial charge on any atom is 0.387 e. The van der Waals surface area contributed by atoms with Crippen molar-refractivity contribution in [3.8, 4) is 5.75 Å². The topological polar surface area (TPSA) is 46.6 Å². The summed E-state index contributed by atoms with van der Waals surface area (Å²) in [6.45, 7) is -2.26. The van der Waals surface area contributed by atoms with Gasteiger partial charge in [0.2, 0.25) is 0 Å². The minimum Gasteiger partial charge on any atom is -0.435 e. The molecule has 0 saturated heterocycles. The molecule has 1 aliphatic rings. The Kier molecular flexibility index (Phi) is 5.97. The molecule has 1 fully saturated rings. The fourth-order valence-corrected chi connectivity index (χ4v) is 4.77. The number of rotatable bonds is 6. The Morgan fingerprint density at radius 1 is 1.22 bits per heavy atom. The molecule has 0 amide bonds. The molecule has 4 nitrogen and oxygen atoms in total. The van der Waals surface area contributed by atoms with Crippen molar-refractivity contribution in [3.05, 3.63) is 29.8 Å². The van der Waals surface area contributed by atoms with Crippen molar-refractivity contribution in [1.29, 1.82) is 0 Å². The summed E-state index contributed by atoms with van der Waals surface area (Å²) >= 11 is 0. The Bertz CT molecular complexity index is 604. The third-order valence-corrected chi connectivity index (χ3v) is 6.01. The summed E-state index contributed by atoms with van der Waals surface area (Å²) in [6, 6.07) is 6.46. The Hall–Kier alpha value is -1.21. The highest BCUT2D eigenvalue weighted by atomic mass is 32.2. The average molecular weight is 347 g/mol. The molecule has 0 spiro atoms. The molecule has 0 heterocycles. The first-order valence-electron chi connectivity index (χ1n) is 7.70. The van der Waals surface area contributed by atoms with E-state index in [1.807, 2.05) is 11.9 Å². The van der Waals surface area contributed by atoms with Crippen molar-refractivity contribution in [2.75, 3.05) is 13.3 Å². The number of nitrogens with zero attached hydrogens (tertiary/aromatic N) is 1. The van der Waals surface area contributed by atoms with E-state index in [2.05, 4.69) is 4.74 Å². The fraction of sp³-hybridized carbons (Fsp3) is 0.625. The number of sulfone groups is 1. The predicted molar refractivity (Wildman–Crippen MR) is 85.4 cm³/mol. The molecule has 0 N–H and O–H groups in total. The highest BCUT2D eigenvalue weighted by Gasteiger charge is 2.34. The Morgan fingerprint density at radius 2 is 1.83 bits per heavy atom. The van der Waals surface area contributed by atoms with Gasteiger partial charge in [-0.15, -0.1) is 0 Å². The molecule has 2 atom stereocenters. The molecular formula is C16H23F2NO3S. The minimum absolute atomic E-state index is 0.00394. The summed E-state index contributed by atoms with van der Waals surface area (Å²) in [5.41, 5.74) is 0.937. The molecule has 1 aromatic carbocycles. The number of hydrogen-bond acceptors (Lipinski definition) is 4. The van der Waals surface area contributed by atoms with Gasteiger partial charge in [-0.25, -0.2) is 8.42 Å². The van der Waals surface area contributed by atoms with E-state index in [0.29, 0.717) is 13.0 Å². The summed E-state index contributed by atoms with van der Waals surface area (Å²) in [7, 11) is -1.16. The molecule has 0 radical (unpaired) electrons. The van der Waals surface area contributed by atoms with Crippen LogP contribution in [-0.4, -0.2) is 44.5 Å². The number of alkyl halides is 2. The first kappa shape index (κ1) is 18.1. The number of ether oxygens (including phenoxy) is 1. The van der Waals surface area contributed by atoms with Crippen LogP contribution in [0.3, 0.4) is 0 Å². The Morgan fingerprint density at radius 3 is 2.39 bits per heavy atom. The van der Waals surface area contributed by atoms with Crippen molar-refractivity contribution in [2.45, 2.75) is 50.1 Å². The van der Waals surface area contributed by atoms with Crippen LogP contribution < -0.4 is 4.74 Å². The van der Waals surface area contributed by atoms with Crippen molar-refractivity contribution in [3.63, 3.8) is 0 Å². The van der Waals surface area contributed by atoms with Gasteiger partial charge in [-0.05, 0) is 37.6 Å². The van der Waals surface area contributed by atoms with E-state index in [4.69, 9.17) is 0 Å². The number of halogens is 2. The van der Waals surface area contributed by atoms with Gasteiger partial charge in [0.25, 0.3) is 0 Å². The molecule has 7 heteroatoms. The first-order chi connectivity index (χ1) is 10.8. The molecule has 0 unspecified atom stereocenters. The second-order valence-corrected chi connectivity index (χ2v) is 8.42. The second kappa shape index (κ2) is 7.57. The molecular weight excluding hydrogens is 324 g/mol. The van der Waals surface area contributed by atoms with E-state index in [1.54, 1.807) is 12.1 Å². The van der Waals surface area contributed by atoms with E-state index < -0.39 is 16.4 Å². The SMILES string of the molecule is CN(Cc1ccc(OC(F)F)cc1)[C@@H]1CCCC[C@H]1S(C)(=O)=O. The van der Waals surface area contributed by atoms with E-state index >= 15 is 0 Å². The first-order valence-corrected chi connectivity index (χ1v) is 9.65. The zero-order valence-electron chi connectivity index (χ0n) is 13.4. The summed E-state index contributed by atoms with van der Waals surface area (Å²) in [5, 5.41) is -0.331. The normalized spacial score (nSPS) is 22.5. The summed E-state index contributed by atoms with van der Waals surface area (Å²) in [4.78, 5) is 2.05. The van der Waals surface area contributed by atoms with Gasteiger partial charge in [0.15, 0.2) is 9.84 Å². The summed E-state index contributed by atoms with van der Waals surface area (Å²) < 4.78 is 52.6. The molecule has 0 aromatic heterocycles. The molecule has 1 saturated carbocycles. The maximum absolute atomic E-state index is 12.1. The lowest BCUT2D eigenvalue weighted by atomic mass is 9.93. The summed E-state index contributed by atoms with van der Waals surface area (Å²) in [6.07, 6.45) is 4.85. The molecule has 23 heavy (non-hydrogen) atoms. The zero-order valence-corrected chi connectivity index (χ0v) is 14.2. The van der Waals surface area contributed by atoms with Crippen LogP contribution in [0.25, 0.3) is 0 Å². The molecule has 2 rings (SSSR count). The third-order valence-electron chi connectivity index (χ3n) is 4.36. The quantitative estimate of drug-likeness (QED) is 0.793. The molecule has 0 bridgehead atoms. The van der Waals surface area contributed by atoms with Crippen LogP contribution >= 0.6 is 0 Å². The van der Waals surface area contributed by atoms with Crippen molar-refractivity contribution in [1.82, 2.24) is 4.90 Å². The van der Waals surface area contributed by atoms with Crippen LogP contribution in [-0.2, 0) is 16.4 Å². The lowest BCUT2D eigenvalue weighted by Crippen LogP contribution is -2.46. The lowest BCUT2D eigenvalue weighted by Gasteiger charge is -2.37. The van der Waals surface area contributed by atoms with Crippen molar-refractivity contribution < 1.29 is 21.9 Å². The highest BCUT2D eigenvalue weighted by molar-refractivity contribution is 7.91. The van der Waals surface area contributed by atoms with Crippen molar-refractivity contribution in [2.24, 2.45) is 0 Å². The standard InChI is InChI=1S/C16H23F2NO3S/c1-19(14-5-3-4-6-15(14)23(2,20)21)11-12-7-9-13(10-8-12)22-16(17)18/h7-10,14-16H,3-6,11H2,1-2H3/t14-,15-/m1/s1. The average Bonchev–Trinajstić information content (AvgIpc) is 2.48. The smallest absolute Gasteiger partial charge is 0.387 e. The Labute approximate surface area is 136 Å². The lowest BCUT2D eigenvalue weighted by molar-refractivity contribution is -0.0498. The van der Waals surface area contributed by atoms with Gasteiger partial charge in [-0.3, -0.25) is 4.90 Å². The largest absolute Gasteiger partial charge is 0.435 e. The number of hydrogen-bond donors (Lipinski definition) is 0. The molecule has 0 aliphatic heterocycles. The molecule has 1 aliphatic carbocycles. The maximum atomic E-state index is 12.1. The Balaban J connectivity index is 2.03. The zero-order chi connectivity index (χ0) is 17.0. The van der Waals surface area contributed by atoms with Gasteiger partial charge in [-0.2, -0.15) is 8.78 Å². The van der Waals surface area contributed by atoms with E-state index in [9.17, 15) is 17.2 Å². The van der Waals surface area contributed by atoms with Gasteiger partial charge in [0.1, 0.15) is 5.75 Å². The van der Waals surface area contributed by atoms with Gasteiger partial charge in [0, 0.05) is 18.8 Å². The molecule has 1 aromatic rings. The van der Waals surface area contributed by atoms with Crippen LogP contribution in [0, 0.1) is 0 Å². The van der Waals surface area contributed by atoms with E-state index in [-0.39, 0.29) is 17.0 Å². The van der Waals surface area contributed by atoms with Crippen molar-refractivity contribution >= 4 is 9.84 Å². The highest BCUT2D eigenvalue weighted by Crippen LogP contribution is 2.28. The van der Waals surface area contributed by atoms with E-state index in [0.717, 1.165) is 24.8 Å². The van der Waals surface area contributed by atoms with Crippen LogP contribution in [0.15, 0.2) is 24.3 Å². The van der Waals surface area contributed by atoms with Crippen LogP contribution in [0.1, 0.15) is 31.2 Å². The number of benzene rings is 1.